The highest BCUT2D eigenvalue weighted by molar-refractivity contribution is 5.89. The predicted octanol–water partition coefficient (Wildman–Crippen LogP) is 2.35. The second kappa shape index (κ2) is 6.97. The molecule has 0 saturated heterocycles. The fourth-order valence-electron chi connectivity index (χ4n) is 2.38. The molecule has 3 rings (SSSR count). The number of nitrogens with two attached hydrogens (primary N) is 1. The zero-order valence-corrected chi connectivity index (χ0v) is 12.8. The second-order valence-electron chi connectivity index (χ2n) is 5.31. The predicted molar refractivity (Wildman–Crippen MR) is 87.9 cm³/mol. The van der Waals surface area contributed by atoms with Crippen molar-refractivity contribution in [3.05, 3.63) is 71.9 Å². The van der Waals surface area contributed by atoms with Crippen LogP contribution in [-0.2, 0) is 21.0 Å². The summed E-state index contributed by atoms with van der Waals surface area (Å²) < 4.78 is 0. The van der Waals surface area contributed by atoms with E-state index in [-0.39, 0.29) is 12.0 Å². The molecule has 6 heteroatoms. The summed E-state index contributed by atoms with van der Waals surface area (Å²) in [4.78, 5) is 35.8. The highest BCUT2D eigenvalue weighted by Gasteiger charge is 2.21. The molecule has 3 aromatic rings. The zero-order chi connectivity index (χ0) is 16.9. The third-order valence-electron chi connectivity index (χ3n) is 3.63. The Morgan fingerprint density at radius 2 is 1.71 bits per heavy atom. The highest BCUT2D eigenvalue weighted by atomic mass is 17.2. The Bertz CT molecular complexity index is 858. The van der Waals surface area contributed by atoms with Gasteiger partial charge in [-0.2, -0.15) is 0 Å². The lowest BCUT2D eigenvalue weighted by Gasteiger charge is -2.09. The van der Waals surface area contributed by atoms with Crippen molar-refractivity contribution in [2.75, 3.05) is 0 Å². The maximum absolute atomic E-state index is 11.9. The van der Waals surface area contributed by atoms with Gasteiger partial charge >= 0.3 is 11.9 Å². The fourth-order valence-corrected chi connectivity index (χ4v) is 2.38. The maximum Gasteiger partial charge on any atom is 0.386 e. The van der Waals surface area contributed by atoms with Crippen molar-refractivity contribution in [3.63, 3.8) is 0 Å². The Hall–Kier alpha value is -3.12. The van der Waals surface area contributed by atoms with Gasteiger partial charge in [-0.1, -0.05) is 36.4 Å². The van der Waals surface area contributed by atoms with Crippen LogP contribution in [0.3, 0.4) is 0 Å². The summed E-state index contributed by atoms with van der Waals surface area (Å²) in [5.41, 5.74) is 7.99. The van der Waals surface area contributed by atoms with E-state index >= 15 is 0 Å². The largest absolute Gasteiger partial charge is 0.386 e. The van der Waals surface area contributed by atoms with Gasteiger partial charge in [0, 0.05) is 23.5 Å². The molecule has 1 unspecified atom stereocenters. The zero-order valence-electron chi connectivity index (χ0n) is 12.8. The first kappa shape index (κ1) is 15.8. The number of carbonyl (C=O) groups is 2. The van der Waals surface area contributed by atoms with Crippen molar-refractivity contribution in [2.24, 2.45) is 5.73 Å². The van der Waals surface area contributed by atoms with Crippen LogP contribution in [0.2, 0.25) is 0 Å². The van der Waals surface area contributed by atoms with E-state index in [4.69, 9.17) is 5.73 Å². The van der Waals surface area contributed by atoms with Crippen LogP contribution < -0.4 is 5.73 Å². The third-order valence-corrected chi connectivity index (χ3v) is 3.63. The summed E-state index contributed by atoms with van der Waals surface area (Å²) in [6.07, 6.45) is 2.07. The van der Waals surface area contributed by atoms with Gasteiger partial charge < -0.3 is 10.7 Å². The molecule has 0 radical (unpaired) electrons. The van der Waals surface area contributed by atoms with Gasteiger partial charge in [0.15, 0.2) is 0 Å². The molecule has 1 aromatic heterocycles. The number of H-pyrrole nitrogens is 1. The Labute approximate surface area is 138 Å². The number of carbonyl (C=O) groups excluding carboxylic acids is 2. The lowest BCUT2D eigenvalue weighted by Crippen LogP contribution is -2.34. The molecule has 0 aliphatic carbocycles. The molecule has 0 spiro atoms. The van der Waals surface area contributed by atoms with Crippen molar-refractivity contribution in [1.82, 2.24) is 4.98 Å². The molecule has 0 amide bonds. The van der Waals surface area contributed by atoms with Crippen molar-refractivity contribution < 1.29 is 19.4 Å². The Morgan fingerprint density at radius 3 is 2.50 bits per heavy atom. The monoisotopic (exact) mass is 324 g/mol. The van der Waals surface area contributed by atoms with Gasteiger partial charge in [-0.3, -0.25) is 0 Å². The summed E-state index contributed by atoms with van der Waals surface area (Å²) in [5, 5.41) is 0.988. The van der Waals surface area contributed by atoms with Crippen LogP contribution >= 0.6 is 0 Å². The number of aromatic amines is 1. The molecule has 0 saturated carbocycles. The van der Waals surface area contributed by atoms with Gasteiger partial charge in [0.1, 0.15) is 6.04 Å². The lowest BCUT2D eigenvalue weighted by atomic mass is 10.1. The minimum Gasteiger partial charge on any atom is -0.361 e. The van der Waals surface area contributed by atoms with E-state index in [1.54, 1.807) is 36.5 Å². The van der Waals surface area contributed by atoms with Crippen molar-refractivity contribution in [3.8, 4) is 0 Å². The van der Waals surface area contributed by atoms with Gasteiger partial charge in [-0.15, -0.1) is 0 Å². The second-order valence-corrected chi connectivity index (χ2v) is 5.31. The SMILES string of the molecule is NC(Cc1c[nH]c2ccccc12)C(=O)OOC(=O)c1ccccc1. The van der Waals surface area contributed by atoms with Crippen LogP contribution in [0.1, 0.15) is 15.9 Å². The number of benzene rings is 2. The van der Waals surface area contributed by atoms with E-state index in [0.717, 1.165) is 16.5 Å². The smallest absolute Gasteiger partial charge is 0.361 e. The van der Waals surface area contributed by atoms with Crippen LogP contribution in [0.15, 0.2) is 60.8 Å². The van der Waals surface area contributed by atoms with Crippen LogP contribution in [0.25, 0.3) is 10.9 Å². The number of hydrogen-bond donors (Lipinski definition) is 2. The Kier molecular flexibility index (Phi) is 4.58. The van der Waals surface area contributed by atoms with E-state index in [1.165, 1.54) is 0 Å². The molecule has 0 fully saturated rings. The number of nitrogens with one attached hydrogen (secondary N) is 1. The van der Waals surface area contributed by atoms with Gasteiger partial charge in [-0.05, 0) is 23.8 Å². The first-order valence-electron chi connectivity index (χ1n) is 7.43. The number of fused-ring (bicyclic) bond motifs is 1. The Morgan fingerprint density at radius 1 is 1.00 bits per heavy atom. The normalized spacial score (nSPS) is 11.9. The van der Waals surface area contributed by atoms with Gasteiger partial charge in [-0.25, -0.2) is 19.4 Å². The Balaban J connectivity index is 1.58. The molecule has 1 atom stereocenters. The molecule has 122 valence electrons. The fraction of sp³-hybridized carbons (Fsp3) is 0.111. The molecular formula is C18H16N2O4. The average molecular weight is 324 g/mol. The summed E-state index contributed by atoms with van der Waals surface area (Å²) in [7, 11) is 0. The molecule has 3 N–H and O–H groups in total. The van der Waals surface area contributed by atoms with Crippen molar-refractivity contribution in [2.45, 2.75) is 12.5 Å². The molecule has 24 heavy (non-hydrogen) atoms. The lowest BCUT2D eigenvalue weighted by molar-refractivity contribution is -0.235. The van der Waals surface area contributed by atoms with E-state index in [2.05, 4.69) is 14.8 Å². The minimum atomic E-state index is -0.937. The molecule has 2 aromatic carbocycles. The van der Waals surface area contributed by atoms with Crippen LogP contribution in [0.5, 0.6) is 0 Å². The summed E-state index contributed by atoms with van der Waals surface area (Å²) in [5.74, 6) is -1.55. The van der Waals surface area contributed by atoms with Crippen LogP contribution in [0.4, 0.5) is 0 Å². The average Bonchev–Trinajstić information content (AvgIpc) is 3.03. The first-order chi connectivity index (χ1) is 11.6. The summed E-state index contributed by atoms with van der Waals surface area (Å²) in [6.45, 7) is 0. The summed E-state index contributed by atoms with van der Waals surface area (Å²) >= 11 is 0. The molecule has 1 heterocycles. The van der Waals surface area contributed by atoms with Crippen LogP contribution in [0, 0.1) is 0 Å². The van der Waals surface area contributed by atoms with Gasteiger partial charge in [0.05, 0.1) is 5.56 Å². The van der Waals surface area contributed by atoms with E-state index in [0.29, 0.717) is 0 Å². The summed E-state index contributed by atoms with van der Waals surface area (Å²) in [6, 6.07) is 15.0. The number of rotatable bonds is 4. The highest BCUT2D eigenvalue weighted by Crippen LogP contribution is 2.19. The minimum absolute atomic E-state index is 0.270. The van der Waals surface area contributed by atoms with E-state index < -0.39 is 18.0 Å². The molecule has 0 aliphatic rings. The molecule has 0 aliphatic heterocycles. The van der Waals surface area contributed by atoms with Crippen molar-refractivity contribution >= 4 is 22.8 Å². The molecule has 0 bridgehead atoms. The third kappa shape index (κ3) is 3.44. The topological polar surface area (TPSA) is 94.4 Å². The number of hydrogen-bond acceptors (Lipinski definition) is 5. The number of para-hydroxylation sites is 1. The maximum atomic E-state index is 11.9. The van der Waals surface area contributed by atoms with Gasteiger partial charge in [0.2, 0.25) is 0 Å². The quantitative estimate of drug-likeness (QED) is 0.567. The van der Waals surface area contributed by atoms with Gasteiger partial charge in [0.25, 0.3) is 0 Å². The van der Waals surface area contributed by atoms with E-state index in [9.17, 15) is 9.59 Å². The first-order valence-corrected chi connectivity index (χ1v) is 7.43. The van der Waals surface area contributed by atoms with E-state index in [1.807, 2.05) is 24.3 Å². The van der Waals surface area contributed by atoms with Crippen LogP contribution in [-0.4, -0.2) is 23.0 Å². The molecular weight excluding hydrogens is 308 g/mol. The standard InChI is InChI=1S/C18H16N2O4/c19-15(10-13-11-20-16-9-5-4-8-14(13)16)18(22)24-23-17(21)12-6-2-1-3-7-12/h1-9,11,15,20H,10,19H2. The number of aromatic nitrogens is 1. The molecule has 6 nitrogen and oxygen atoms in total. The van der Waals surface area contributed by atoms with Crippen molar-refractivity contribution in [1.29, 1.82) is 0 Å².